The van der Waals surface area contributed by atoms with Gasteiger partial charge in [0.05, 0.1) is 0 Å². The first-order chi connectivity index (χ1) is 7.70. The summed E-state index contributed by atoms with van der Waals surface area (Å²) in [6, 6.07) is 1.76. The third-order valence-corrected chi connectivity index (χ3v) is 3.49. The molecular weight excluding hydrogens is 226 g/mol. The van der Waals surface area contributed by atoms with E-state index >= 15 is 0 Å². The maximum Gasteiger partial charge on any atom is 0.274 e. The molecule has 4 nitrogen and oxygen atoms in total. The summed E-state index contributed by atoms with van der Waals surface area (Å²) in [6.07, 6.45) is 3.79. The Hall–Kier alpha value is -1.03. The van der Waals surface area contributed by atoms with E-state index in [9.17, 15) is 4.79 Å². The second kappa shape index (κ2) is 4.87. The molecule has 1 saturated heterocycles. The van der Waals surface area contributed by atoms with Gasteiger partial charge in [-0.2, -0.15) is 5.10 Å². The topological polar surface area (TPSA) is 38.1 Å². The van der Waals surface area contributed by atoms with Crippen molar-refractivity contribution in [2.24, 2.45) is 13.0 Å². The fourth-order valence-electron chi connectivity index (χ4n) is 1.98. The van der Waals surface area contributed by atoms with Gasteiger partial charge in [0.1, 0.15) is 5.69 Å². The van der Waals surface area contributed by atoms with E-state index in [0.29, 0.717) is 17.5 Å². The second-order valence-electron chi connectivity index (χ2n) is 4.26. The van der Waals surface area contributed by atoms with Gasteiger partial charge in [-0.05, 0) is 24.8 Å². The molecule has 88 valence electrons. The molecule has 0 aromatic carbocycles. The highest BCUT2D eigenvalue weighted by Crippen LogP contribution is 2.19. The maximum absolute atomic E-state index is 12.0. The van der Waals surface area contributed by atoms with Gasteiger partial charge in [-0.3, -0.25) is 9.48 Å². The molecule has 0 N–H and O–H groups in total. The summed E-state index contributed by atoms with van der Waals surface area (Å²) in [5.41, 5.74) is 0.534. The monoisotopic (exact) mass is 241 g/mol. The van der Waals surface area contributed by atoms with Gasteiger partial charge in [-0.25, -0.2) is 0 Å². The Labute approximate surface area is 100 Å². The summed E-state index contributed by atoms with van der Waals surface area (Å²) >= 11 is 5.81. The van der Waals surface area contributed by atoms with Crippen molar-refractivity contribution in [3.05, 3.63) is 18.0 Å². The van der Waals surface area contributed by atoms with Crippen molar-refractivity contribution in [2.75, 3.05) is 19.0 Å². The molecule has 1 aliphatic rings. The van der Waals surface area contributed by atoms with E-state index in [4.69, 9.17) is 11.6 Å². The van der Waals surface area contributed by atoms with Gasteiger partial charge in [0.15, 0.2) is 0 Å². The number of carbonyl (C=O) groups excluding carboxylic acids is 1. The minimum atomic E-state index is 0.0358. The van der Waals surface area contributed by atoms with Crippen molar-refractivity contribution < 1.29 is 4.79 Å². The molecule has 2 rings (SSSR count). The maximum atomic E-state index is 12.0. The van der Waals surface area contributed by atoms with Crippen molar-refractivity contribution in [1.82, 2.24) is 14.7 Å². The van der Waals surface area contributed by atoms with E-state index in [1.54, 1.807) is 16.9 Å². The first kappa shape index (κ1) is 11.5. The Morgan fingerprint density at radius 1 is 1.56 bits per heavy atom. The number of rotatable bonds is 2. The number of hydrogen-bond acceptors (Lipinski definition) is 2. The van der Waals surface area contributed by atoms with E-state index in [1.807, 2.05) is 11.9 Å². The van der Waals surface area contributed by atoms with Crippen molar-refractivity contribution in [2.45, 2.75) is 12.8 Å². The Kier molecular flexibility index (Phi) is 3.49. The largest absolute Gasteiger partial charge is 0.337 e. The molecule has 1 fully saturated rings. The number of aryl methyl sites for hydroxylation is 1. The average molecular weight is 242 g/mol. The molecule has 0 unspecified atom stereocenters. The van der Waals surface area contributed by atoms with Crippen LogP contribution >= 0.6 is 11.6 Å². The normalized spacial score (nSPS) is 17.8. The van der Waals surface area contributed by atoms with Crippen LogP contribution in [0.2, 0.25) is 0 Å². The van der Waals surface area contributed by atoms with Gasteiger partial charge in [-0.1, -0.05) is 0 Å². The molecule has 1 aromatic rings. The van der Waals surface area contributed by atoms with Crippen LogP contribution in [-0.4, -0.2) is 39.6 Å². The van der Waals surface area contributed by atoms with Crippen LogP contribution in [0.5, 0.6) is 0 Å². The van der Waals surface area contributed by atoms with Crippen molar-refractivity contribution in [3.63, 3.8) is 0 Å². The standard InChI is InChI=1S/C11H16ClN3O/c1-14-5-4-10(13-14)11(16)15-6-2-9(8-12)3-7-15/h4-5,9H,2-3,6-8H2,1H3. The molecule has 1 aliphatic heterocycles. The summed E-state index contributed by atoms with van der Waals surface area (Å²) in [5, 5.41) is 4.12. The molecule has 0 bridgehead atoms. The van der Waals surface area contributed by atoms with Gasteiger partial charge in [0, 0.05) is 32.2 Å². The molecule has 1 aromatic heterocycles. The second-order valence-corrected chi connectivity index (χ2v) is 4.57. The van der Waals surface area contributed by atoms with Gasteiger partial charge in [0.25, 0.3) is 5.91 Å². The van der Waals surface area contributed by atoms with Crippen LogP contribution in [0, 0.1) is 5.92 Å². The molecule has 1 amide bonds. The number of piperidine rings is 1. The number of amides is 1. The van der Waals surface area contributed by atoms with E-state index < -0.39 is 0 Å². The van der Waals surface area contributed by atoms with Gasteiger partial charge < -0.3 is 4.90 Å². The first-order valence-corrected chi connectivity index (χ1v) is 6.09. The third-order valence-electron chi connectivity index (χ3n) is 3.05. The van der Waals surface area contributed by atoms with Crippen LogP contribution in [-0.2, 0) is 7.05 Å². The molecule has 2 heterocycles. The predicted octanol–water partition coefficient (Wildman–Crippen LogP) is 1.51. The number of nitrogens with zero attached hydrogens (tertiary/aromatic N) is 3. The Morgan fingerprint density at radius 2 is 2.25 bits per heavy atom. The first-order valence-electron chi connectivity index (χ1n) is 5.55. The van der Waals surface area contributed by atoms with Gasteiger partial charge in [-0.15, -0.1) is 11.6 Å². The lowest BCUT2D eigenvalue weighted by Crippen LogP contribution is -2.39. The predicted molar refractivity (Wildman–Crippen MR) is 62.6 cm³/mol. The zero-order valence-corrected chi connectivity index (χ0v) is 10.2. The van der Waals surface area contributed by atoms with Gasteiger partial charge >= 0.3 is 0 Å². The summed E-state index contributed by atoms with van der Waals surface area (Å²) in [4.78, 5) is 13.9. The zero-order chi connectivity index (χ0) is 11.5. The van der Waals surface area contributed by atoms with Crippen molar-refractivity contribution in [3.8, 4) is 0 Å². The van der Waals surface area contributed by atoms with Crippen LogP contribution in [0.4, 0.5) is 0 Å². The lowest BCUT2D eigenvalue weighted by atomic mass is 9.99. The molecular formula is C11H16ClN3O. The van der Waals surface area contributed by atoms with E-state index in [0.717, 1.165) is 25.9 Å². The van der Waals surface area contributed by atoms with Crippen LogP contribution in [0.1, 0.15) is 23.3 Å². The molecule has 16 heavy (non-hydrogen) atoms. The zero-order valence-electron chi connectivity index (χ0n) is 9.40. The average Bonchev–Trinajstić information content (AvgIpc) is 2.75. The van der Waals surface area contributed by atoms with E-state index in [1.165, 1.54) is 0 Å². The summed E-state index contributed by atoms with van der Waals surface area (Å²) in [5.74, 6) is 1.30. The Balaban J connectivity index is 1.96. The summed E-state index contributed by atoms with van der Waals surface area (Å²) < 4.78 is 1.65. The fraction of sp³-hybridized carbons (Fsp3) is 0.636. The van der Waals surface area contributed by atoms with Crippen LogP contribution < -0.4 is 0 Å². The van der Waals surface area contributed by atoms with E-state index in [-0.39, 0.29) is 5.91 Å². The quantitative estimate of drug-likeness (QED) is 0.737. The Bertz CT molecular complexity index is 369. The summed E-state index contributed by atoms with van der Waals surface area (Å²) in [7, 11) is 1.82. The SMILES string of the molecule is Cn1ccc(C(=O)N2CCC(CCl)CC2)n1. The highest BCUT2D eigenvalue weighted by molar-refractivity contribution is 6.18. The van der Waals surface area contributed by atoms with Gasteiger partial charge in [0.2, 0.25) is 0 Å². The van der Waals surface area contributed by atoms with Crippen LogP contribution in [0.3, 0.4) is 0 Å². The highest BCUT2D eigenvalue weighted by atomic mass is 35.5. The fourth-order valence-corrected chi connectivity index (χ4v) is 2.29. The minimum absolute atomic E-state index is 0.0358. The third kappa shape index (κ3) is 2.38. The Morgan fingerprint density at radius 3 is 2.75 bits per heavy atom. The number of aromatic nitrogens is 2. The molecule has 0 radical (unpaired) electrons. The van der Waals surface area contributed by atoms with Crippen molar-refractivity contribution >= 4 is 17.5 Å². The summed E-state index contributed by atoms with van der Waals surface area (Å²) in [6.45, 7) is 1.60. The van der Waals surface area contributed by atoms with Crippen LogP contribution in [0.15, 0.2) is 12.3 Å². The minimum Gasteiger partial charge on any atom is -0.337 e. The number of carbonyl (C=O) groups is 1. The van der Waals surface area contributed by atoms with E-state index in [2.05, 4.69) is 5.10 Å². The lowest BCUT2D eigenvalue weighted by molar-refractivity contribution is 0.0691. The number of halogens is 1. The molecule has 5 heteroatoms. The molecule has 0 atom stereocenters. The number of hydrogen-bond donors (Lipinski definition) is 0. The smallest absolute Gasteiger partial charge is 0.274 e. The van der Waals surface area contributed by atoms with Crippen molar-refractivity contribution in [1.29, 1.82) is 0 Å². The number of alkyl halides is 1. The molecule has 0 spiro atoms. The molecule has 0 aliphatic carbocycles. The van der Waals surface area contributed by atoms with Crippen LogP contribution in [0.25, 0.3) is 0 Å². The lowest BCUT2D eigenvalue weighted by Gasteiger charge is -2.30. The molecule has 0 saturated carbocycles. The highest BCUT2D eigenvalue weighted by Gasteiger charge is 2.24. The number of likely N-dealkylation sites (tertiary alicyclic amines) is 1.